The van der Waals surface area contributed by atoms with Gasteiger partial charge in [0.2, 0.25) is 5.91 Å². The van der Waals surface area contributed by atoms with E-state index in [-0.39, 0.29) is 16.3 Å². The van der Waals surface area contributed by atoms with Crippen LogP contribution in [0.25, 0.3) is 11.4 Å². The average Bonchev–Trinajstić information content (AvgIpc) is 3.02. The van der Waals surface area contributed by atoms with E-state index in [2.05, 4.69) is 19.8 Å². The average molecular weight is 643 g/mol. The standard InChI is InChI=1S/C30H25F3N4O7S/c1-44-29(41)21-12-14-22(15-13-21)45(42,43)36-24-17-34-27(20-10-6-3-7-11-20)37(28(24)40)18-25(38)35-23(26(39)30(31,32)33)16-19-8-4-2-5-9-19/h2-15,17,23,36H,16,18H2,1H3,(H,35,38). The highest BCUT2D eigenvalue weighted by Crippen LogP contribution is 2.21. The SMILES string of the molecule is COC(=O)c1ccc(S(=O)(=O)Nc2cnc(-c3ccccc3)n(CC(=O)NC(Cc3ccccc3)C(=O)C(F)(F)F)c2=O)cc1. The number of hydrogen-bond acceptors (Lipinski definition) is 8. The van der Waals surface area contributed by atoms with Crippen molar-refractivity contribution < 1.29 is 40.7 Å². The van der Waals surface area contributed by atoms with Gasteiger partial charge in [0, 0.05) is 12.0 Å². The second-order valence-electron chi connectivity index (χ2n) is 9.55. The van der Waals surface area contributed by atoms with Crippen molar-refractivity contribution in [1.29, 1.82) is 0 Å². The number of carbonyl (C=O) groups excluding carboxylic acids is 3. The molecule has 11 nitrogen and oxygen atoms in total. The third kappa shape index (κ3) is 8.00. The van der Waals surface area contributed by atoms with Gasteiger partial charge in [0.25, 0.3) is 21.4 Å². The number of rotatable bonds is 11. The molecule has 0 radical (unpaired) electrons. The third-order valence-corrected chi connectivity index (χ3v) is 7.81. The molecule has 4 rings (SSSR count). The van der Waals surface area contributed by atoms with Gasteiger partial charge in [-0.05, 0) is 29.8 Å². The molecular formula is C30H25F3N4O7S. The molecule has 0 spiro atoms. The zero-order valence-corrected chi connectivity index (χ0v) is 24.3. The molecule has 0 aliphatic rings. The van der Waals surface area contributed by atoms with Gasteiger partial charge in [-0.2, -0.15) is 13.2 Å². The molecule has 1 amide bonds. The van der Waals surface area contributed by atoms with Crippen LogP contribution in [0.1, 0.15) is 15.9 Å². The Hall–Kier alpha value is -5.31. The Labute approximate surface area is 254 Å². The number of Topliss-reactive ketones (excluding diaryl/α,β-unsaturated/α-hetero) is 1. The number of carbonyl (C=O) groups is 3. The maximum absolute atomic E-state index is 13.6. The van der Waals surface area contributed by atoms with Crippen LogP contribution < -0.4 is 15.6 Å². The minimum absolute atomic E-state index is 0.0771. The summed E-state index contributed by atoms with van der Waals surface area (Å²) in [6.45, 7) is -0.907. The number of halogens is 3. The van der Waals surface area contributed by atoms with Crippen molar-refractivity contribution in [1.82, 2.24) is 14.9 Å². The Balaban J connectivity index is 1.68. The number of methoxy groups -OCH3 is 1. The van der Waals surface area contributed by atoms with E-state index in [0.29, 0.717) is 11.1 Å². The summed E-state index contributed by atoms with van der Waals surface area (Å²) in [5.41, 5.74) is -0.863. The predicted molar refractivity (Wildman–Crippen MR) is 156 cm³/mol. The molecule has 0 aliphatic carbocycles. The van der Waals surface area contributed by atoms with Gasteiger partial charge in [-0.15, -0.1) is 0 Å². The number of amides is 1. The number of esters is 1. The van der Waals surface area contributed by atoms with Crippen molar-refractivity contribution in [2.45, 2.75) is 30.1 Å². The van der Waals surface area contributed by atoms with Gasteiger partial charge in [-0.3, -0.25) is 23.7 Å². The van der Waals surface area contributed by atoms with E-state index in [0.717, 1.165) is 30.0 Å². The van der Waals surface area contributed by atoms with E-state index >= 15 is 0 Å². The summed E-state index contributed by atoms with van der Waals surface area (Å²) >= 11 is 0. The number of hydrogen-bond donors (Lipinski definition) is 2. The normalized spacial score (nSPS) is 12.2. The molecular weight excluding hydrogens is 617 g/mol. The number of ketones is 1. The summed E-state index contributed by atoms with van der Waals surface area (Å²) in [5.74, 6) is -4.11. The van der Waals surface area contributed by atoms with Gasteiger partial charge in [0.05, 0.1) is 23.8 Å². The summed E-state index contributed by atoms with van der Waals surface area (Å²) in [7, 11) is -3.26. The van der Waals surface area contributed by atoms with Gasteiger partial charge in [-0.25, -0.2) is 18.2 Å². The first-order chi connectivity index (χ1) is 21.3. The number of aromatic nitrogens is 2. The lowest BCUT2D eigenvalue weighted by atomic mass is 10.0. The van der Waals surface area contributed by atoms with Crippen LogP contribution in [0.15, 0.2) is 101 Å². The largest absolute Gasteiger partial charge is 0.465 e. The van der Waals surface area contributed by atoms with Crippen molar-refractivity contribution in [3.8, 4) is 11.4 Å². The molecule has 0 aliphatic heterocycles. The van der Waals surface area contributed by atoms with Crippen molar-refractivity contribution in [3.63, 3.8) is 0 Å². The fourth-order valence-corrected chi connectivity index (χ4v) is 5.30. The van der Waals surface area contributed by atoms with Gasteiger partial charge < -0.3 is 10.1 Å². The second kappa shape index (κ2) is 13.5. The molecule has 1 aromatic heterocycles. The zero-order chi connectivity index (χ0) is 32.8. The Morgan fingerprint density at radius 2 is 1.53 bits per heavy atom. The van der Waals surface area contributed by atoms with Crippen molar-refractivity contribution in [2.24, 2.45) is 0 Å². The second-order valence-corrected chi connectivity index (χ2v) is 11.2. The molecule has 0 saturated heterocycles. The fraction of sp³-hybridized carbons (Fsp3) is 0.167. The Kier molecular flexibility index (Phi) is 9.82. The van der Waals surface area contributed by atoms with E-state index in [1.165, 1.54) is 24.3 Å². The van der Waals surface area contributed by atoms with Crippen LogP contribution in [0.5, 0.6) is 0 Å². The number of alkyl halides is 3. The molecule has 0 bridgehead atoms. The summed E-state index contributed by atoms with van der Waals surface area (Å²) in [5, 5.41) is 2.07. The van der Waals surface area contributed by atoms with Crippen LogP contribution in [0, 0.1) is 0 Å². The lowest BCUT2D eigenvalue weighted by Gasteiger charge is -2.20. The molecule has 1 unspecified atom stereocenters. The maximum atomic E-state index is 13.6. The summed E-state index contributed by atoms with van der Waals surface area (Å²) in [6.07, 6.45) is -4.80. The molecule has 15 heteroatoms. The lowest BCUT2D eigenvalue weighted by Crippen LogP contribution is -2.49. The highest BCUT2D eigenvalue weighted by Gasteiger charge is 2.44. The number of ether oxygens (including phenoxy) is 1. The molecule has 1 atom stereocenters. The van der Waals surface area contributed by atoms with E-state index in [4.69, 9.17) is 0 Å². The minimum Gasteiger partial charge on any atom is -0.465 e. The molecule has 0 saturated carbocycles. The lowest BCUT2D eigenvalue weighted by molar-refractivity contribution is -0.173. The molecule has 0 fully saturated rings. The molecule has 2 N–H and O–H groups in total. The summed E-state index contributed by atoms with van der Waals surface area (Å²) < 4.78 is 73.8. The monoisotopic (exact) mass is 642 g/mol. The van der Waals surface area contributed by atoms with Crippen LogP contribution in [0.2, 0.25) is 0 Å². The Morgan fingerprint density at radius 1 is 0.933 bits per heavy atom. The first-order valence-corrected chi connectivity index (χ1v) is 14.6. The van der Waals surface area contributed by atoms with Gasteiger partial charge >= 0.3 is 12.1 Å². The molecule has 4 aromatic rings. The number of benzene rings is 3. The highest BCUT2D eigenvalue weighted by atomic mass is 32.2. The van der Waals surface area contributed by atoms with Gasteiger partial charge in [0.15, 0.2) is 0 Å². The minimum atomic E-state index is -5.26. The molecule has 3 aromatic carbocycles. The van der Waals surface area contributed by atoms with Crippen LogP contribution >= 0.6 is 0 Å². The van der Waals surface area contributed by atoms with Crippen LogP contribution in [0.4, 0.5) is 18.9 Å². The van der Waals surface area contributed by atoms with Crippen molar-refractivity contribution in [2.75, 3.05) is 11.8 Å². The fourth-order valence-electron chi connectivity index (χ4n) is 4.26. The van der Waals surface area contributed by atoms with E-state index in [1.807, 2.05) is 0 Å². The van der Waals surface area contributed by atoms with Crippen LogP contribution in [-0.2, 0) is 37.3 Å². The first-order valence-electron chi connectivity index (χ1n) is 13.1. The number of nitrogens with zero attached hydrogens (tertiary/aromatic N) is 2. The van der Waals surface area contributed by atoms with Gasteiger partial charge in [0.1, 0.15) is 24.1 Å². The van der Waals surface area contributed by atoms with Crippen molar-refractivity contribution in [3.05, 3.63) is 113 Å². The highest BCUT2D eigenvalue weighted by molar-refractivity contribution is 7.92. The van der Waals surface area contributed by atoms with Crippen LogP contribution in [-0.4, -0.2) is 55.0 Å². The Bertz CT molecular complexity index is 1860. The number of sulfonamides is 1. The predicted octanol–water partition coefficient (Wildman–Crippen LogP) is 3.36. The van der Waals surface area contributed by atoms with E-state index in [1.54, 1.807) is 48.5 Å². The van der Waals surface area contributed by atoms with E-state index < -0.39 is 64.1 Å². The Morgan fingerprint density at radius 3 is 2.11 bits per heavy atom. The molecule has 1 heterocycles. The van der Waals surface area contributed by atoms with E-state index in [9.17, 15) is 40.8 Å². The number of anilines is 1. The summed E-state index contributed by atoms with van der Waals surface area (Å²) in [4.78, 5) is 54.4. The topological polar surface area (TPSA) is 154 Å². The molecule has 234 valence electrons. The van der Waals surface area contributed by atoms with Crippen molar-refractivity contribution >= 4 is 33.4 Å². The molecule has 45 heavy (non-hydrogen) atoms. The third-order valence-electron chi connectivity index (χ3n) is 6.42. The van der Waals surface area contributed by atoms with Crippen LogP contribution in [0.3, 0.4) is 0 Å². The maximum Gasteiger partial charge on any atom is 0.452 e. The van der Waals surface area contributed by atoms with Gasteiger partial charge in [-0.1, -0.05) is 60.7 Å². The smallest absolute Gasteiger partial charge is 0.452 e. The zero-order valence-electron chi connectivity index (χ0n) is 23.4. The number of nitrogens with one attached hydrogen (secondary N) is 2. The summed E-state index contributed by atoms with van der Waals surface area (Å²) in [6, 6.07) is 18.3. The first kappa shape index (κ1) is 32.6. The quantitative estimate of drug-likeness (QED) is 0.236.